The van der Waals surface area contributed by atoms with E-state index in [4.69, 9.17) is 4.74 Å². The molecule has 0 spiro atoms. The monoisotopic (exact) mass is 334 g/mol. The summed E-state index contributed by atoms with van der Waals surface area (Å²) in [5.74, 6) is -0.641. The Balaban J connectivity index is 2.03. The van der Waals surface area contributed by atoms with Crippen LogP contribution in [0.15, 0.2) is 30.3 Å². The summed E-state index contributed by atoms with van der Waals surface area (Å²) < 4.78 is 5.01. The quantitative estimate of drug-likeness (QED) is 0.675. The highest BCUT2D eigenvalue weighted by atomic mass is 16.6. The van der Waals surface area contributed by atoms with E-state index in [-0.39, 0.29) is 31.5 Å². The maximum atomic E-state index is 12.2. The van der Waals surface area contributed by atoms with Gasteiger partial charge in [-0.1, -0.05) is 30.3 Å². The molecular formula is C16H22N4O4. The molecule has 3 amide bonds. The molecule has 0 unspecified atom stereocenters. The first-order valence-electron chi connectivity index (χ1n) is 7.85. The summed E-state index contributed by atoms with van der Waals surface area (Å²) in [5, 5.41) is 8.48. The summed E-state index contributed by atoms with van der Waals surface area (Å²) >= 11 is 0. The van der Waals surface area contributed by atoms with Crippen LogP contribution in [0, 0.1) is 0 Å². The first-order chi connectivity index (χ1) is 11.6. The molecule has 1 aliphatic rings. The highest BCUT2D eigenvalue weighted by Gasteiger charge is 2.20. The lowest BCUT2D eigenvalue weighted by atomic mass is 10.2. The molecule has 0 radical (unpaired) electrons. The van der Waals surface area contributed by atoms with Gasteiger partial charge in [-0.2, -0.15) is 0 Å². The van der Waals surface area contributed by atoms with Gasteiger partial charge in [-0.3, -0.25) is 14.5 Å². The first kappa shape index (κ1) is 17.7. The zero-order valence-electron chi connectivity index (χ0n) is 13.4. The van der Waals surface area contributed by atoms with Crippen molar-refractivity contribution in [2.45, 2.75) is 6.54 Å². The van der Waals surface area contributed by atoms with Crippen molar-refractivity contribution in [3.05, 3.63) is 35.9 Å². The third-order valence-electron chi connectivity index (χ3n) is 3.38. The second-order valence-corrected chi connectivity index (χ2v) is 5.35. The van der Waals surface area contributed by atoms with Gasteiger partial charge in [0.25, 0.3) is 5.91 Å². The van der Waals surface area contributed by atoms with Crippen LogP contribution >= 0.6 is 0 Å². The fraction of sp³-hybridized carbons (Fsp3) is 0.438. The van der Waals surface area contributed by atoms with Crippen molar-refractivity contribution in [3.63, 3.8) is 0 Å². The molecule has 0 bridgehead atoms. The van der Waals surface area contributed by atoms with Gasteiger partial charge in [0.05, 0.1) is 0 Å². The topological polar surface area (TPSA) is 99.8 Å². The molecule has 0 aliphatic carbocycles. The third-order valence-corrected chi connectivity index (χ3v) is 3.38. The lowest BCUT2D eigenvalue weighted by molar-refractivity contribution is -0.124. The van der Waals surface area contributed by atoms with Crippen LogP contribution in [-0.2, 0) is 20.9 Å². The minimum atomic E-state index is -0.695. The molecular weight excluding hydrogens is 312 g/mol. The lowest BCUT2D eigenvalue weighted by Gasteiger charge is -2.22. The summed E-state index contributed by atoms with van der Waals surface area (Å²) in [6.45, 7) is 1.77. The number of carbonyl (C=O) groups excluding carboxylic acids is 3. The van der Waals surface area contributed by atoms with E-state index >= 15 is 0 Å². The van der Waals surface area contributed by atoms with E-state index < -0.39 is 6.09 Å². The largest absolute Gasteiger partial charge is 0.439 e. The SMILES string of the molecule is O=C1COC(=O)N(Cc2ccccc2)CC(=O)NCCNCCN1. The zero-order chi connectivity index (χ0) is 17.2. The predicted molar refractivity (Wildman–Crippen MR) is 87.1 cm³/mol. The highest BCUT2D eigenvalue weighted by Crippen LogP contribution is 2.06. The number of benzene rings is 1. The standard InChI is InChI=1S/C16H22N4O4/c21-14-11-20(10-13-4-2-1-3-5-13)16(23)24-12-15(22)19-9-7-17-6-8-18-14/h1-5,17H,6-12H2,(H,18,21)(H,19,22). The molecule has 0 atom stereocenters. The molecule has 1 heterocycles. The Bertz CT molecular complexity index is 564. The average molecular weight is 334 g/mol. The predicted octanol–water partition coefficient (Wildman–Crippen LogP) is -0.539. The van der Waals surface area contributed by atoms with E-state index in [1.165, 1.54) is 4.90 Å². The first-order valence-corrected chi connectivity index (χ1v) is 7.85. The second kappa shape index (κ2) is 9.51. The number of hydrogen-bond donors (Lipinski definition) is 3. The van der Waals surface area contributed by atoms with Crippen molar-refractivity contribution in [3.8, 4) is 0 Å². The maximum absolute atomic E-state index is 12.2. The summed E-state index contributed by atoms with van der Waals surface area (Å²) in [7, 11) is 0. The molecule has 130 valence electrons. The molecule has 1 saturated heterocycles. The molecule has 1 aromatic carbocycles. The second-order valence-electron chi connectivity index (χ2n) is 5.35. The Kier molecular flexibility index (Phi) is 7.03. The van der Waals surface area contributed by atoms with Crippen LogP contribution in [0.3, 0.4) is 0 Å². The number of rotatable bonds is 2. The van der Waals surface area contributed by atoms with E-state index in [1.807, 2.05) is 30.3 Å². The Hall–Kier alpha value is -2.61. The molecule has 3 N–H and O–H groups in total. The molecule has 1 aliphatic heterocycles. The smallest absolute Gasteiger partial charge is 0.411 e. The Morgan fingerprint density at radius 2 is 1.58 bits per heavy atom. The average Bonchev–Trinajstić information content (AvgIpc) is 2.58. The van der Waals surface area contributed by atoms with Gasteiger partial charge < -0.3 is 20.7 Å². The van der Waals surface area contributed by atoms with Crippen molar-refractivity contribution >= 4 is 17.9 Å². The van der Waals surface area contributed by atoms with Crippen LogP contribution in [0.1, 0.15) is 5.56 Å². The van der Waals surface area contributed by atoms with Crippen LogP contribution in [0.4, 0.5) is 4.79 Å². The van der Waals surface area contributed by atoms with E-state index in [0.29, 0.717) is 26.2 Å². The summed E-state index contributed by atoms with van der Waals surface area (Å²) in [6, 6.07) is 9.28. The normalized spacial score (nSPS) is 18.2. The molecule has 8 heteroatoms. The van der Waals surface area contributed by atoms with E-state index in [1.54, 1.807) is 0 Å². The summed E-state index contributed by atoms with van der Waals surface area (Å²) in [6.07, 6.45) is -0.695. The molecule has 1 fully saturated rings. The highest BCUT2D eigenvalue weighted by molar-refractivity contribution is 5.84. The maximum Gasteiger partial charge on any atom is 0.411 e. The van der Waals surface area contributed by atoms with Crippen LogP contribution in [0.5, 0.6) is 0 Å². The van der Waals surface area contributed by atoms with Gasteiger partial charge in [-0.05, 0) is 5.56 Å². The van der Waals surface area contributed by atoms with Crippen LogP contribution in [-0.4, -0.2) is 62.1 Å². The zero-order valence-corrected chi connectivity index (χ0v) is 13.4. The summed E-state index contributed by atoms with van der Waals surface area (Å²) in [4.78, 5) is 37.1. The molecule has 0 saturated carbocycles. The van der Waals surface area contributed by atoms with Gasteiger partial charge in [0, 0.05) is 32.7 Å². The van der Waals surface area contributed by atoms with Crippen molar-refractivity contribution < 1.29 is 19.1 Å². The third kappa shape index (κ3) is 6.25. The number of carbonyl (C=O) groups is 3. The fourth-order valence-electron chi connectivity index (χ4n) is 2.19. The van der Waals surface area contributed by atoms with Crippen LogP contribution in [0.2, 0.25) is 0 Å². The van der Waals surface area contributed by atoms with Crippen molar-refractivity contribution in [1.29, 1.82) is 0 Å². The van der Waals surface area contributed by atoms with E-state index in [0.717, 1.165) is 5.56 Å². The number of nitrogens with zero attached hydrogens (tertiary/aromatic N) is 1. The molecule has 1 aromatic rings. The fourth-order valence-corrected chi connectivity index (χ4v) is 2.19. The van der Waals surface area contributed by atoms with E-state index in [2.05, 4.69) is 16.0 Å². The van der Waals surface area contributed by atoms with Gasteiger partial charge in [-0.25, -0.2) is 4.79 Å². The molecule has 24 heavy (non-hydrogen) atoms. The number of amides is 3. The van der Waals surface area contributed by atoms with Crippen molar-refractivity contribution in [1.82, 2.24) is 20.9 Å². The van der Waals surface area contributed by atoms with Gasteiger partial charge in [0.15, 0.2) is 6.61 Å². The van der Waals surface area contributed by atoms with Crippen molar-refractivity contribution in [2.24, 2.45) is 0 Å². The molecule has 2 rings (SSSR count). The van der Waals surface area contributed by atoms with Gasteiger partial charge in [0.2, 0.25) is 5.91 Å². The van der Waals surface area contributed by atoms with Crippen LogP contribution < -0.4 is 16.0 Å². The Morgan fingerprint density at radius 3 is 2.29 bits per heavy atom. The minimum Gasteiger partial charge on any atom is -0.439 e. The minimum absolute atomic E-state index is 0.130. The Morgan fingerprint density at radius 1 is 0.917 bits per heavy atom. The molecule has 8 nitrogen and oxygen atoms in total. The lowest BCUT2D eigenvalue weighted by Crippen LogP contribution is -2.44. The van der Waals surface area contributed by atoms with E-state index in [9.17, 15) is 14.4 Å². The number of hydrogen-bond acceptors (Lipinski definition) is 5. The van der Waals surface area contributed by atoms with Gasteiger partial charge >= 0.3 is 6.09 Å². The van der Waals surface area contributed by atoms with Crippen molar-refractivity contribution in [2.75, 3.05) is 39.3 Å². The molecule has 0 aromatic heterocycles. The van der Waals surface area contributed by atoms with Crippen LogP contribution in [0.25, 0.3) is 0 Å². The number of nitrogens with one attached hydrogen (secondary N) is 3. The summed E-state index contributed by atoms with van der Waals surface area (Å²) in [5.41, 5.74) is 0.870. The van der Waals surface area contributed by atoms with Gasteiger partial charge in [-0.15, -0.1) is 0 Å². The van der Waals surface area contributed by atoms with Gasteiger partial charge in [0.1, 0.15) is 6.54 Å². The Labute approximate surface area is 140 Å². The number of ether oxygens (including phenoxy) is 1. The number of cyclic esters (lactones) is 1.